The van der Waals surface area contributed by atoms with Crippen molar-refractivity contribution < 1.29 is 14.3 Å². The summed E-state index contributed by atoms with van der Waals surface area (Å²) < 4.78 is 11.5. The average molecular weight is 340 g/mol. The van der Waals surface area contributed by atoms with Gasteiger partial charge in [0.1, 0.15) is 12.7 Å². The van der Waals surface area contributed by atoms with Gasteiger partial charge in [-0.1, -0.05) is 41.9 Å². The van der Waals surface area contributed by atoms with E-state index in [1.807, 2.05) is 42.5 Å². The molecule has 1 amide bonds. The van der Waals surface area contributed by atoms with Gasteiger partial charge in [0.2, 0.25) is 5.91 Å². The Morgan fingerprint density at radius 2 is 2.05 bits per heavy atom. The molecule has 0 saturated heterocycles. The van der Waals surface area contributed by atoms with Crippen LogP contribution in [0.25, 0.3) is 0 Å². The van der Waals surface area contributed by atoms with Gasteiger partial charge in [-0.25, -0.2) is 0 Å². The van der Waals surface area contributed by atoms with Crippen LogP contribution in [0.4, 0.5) is 0 Å². The number of hydrogen-bond acceptors (Lipinski definition) is 4. The molecule has 0 fully saturated rings. The fraction of sp³-hybridized carbons (Fsp3) is 0.312. The summed E-state index contributed by atoms with van der Waals surface area (Å²) >= 11 is 7.35. The molecule has 1 aromatic heterocycles. The van der Waals surface area contributed by atoms with Crippen LogP contribution >= 0.6 is 22.9 Å². The standard InChI is InChI=1S/C16H18ClNO3S/c1-20-13(14-7-8-15(17)22-14)9-18-16(19)11-21-10-12-5-3-2-4-6-12/h2-8,13H,9-11H2,1H3,(H,18,19). The predicted molar refractivity (Wildman–Crippen MR) is 88.2 cm³/mol. The number of thiophene rings is 1. The molecule has 4 nitrogen and oxygen atoms in total. The van der Waals surface area contributed by atoms with Crippen molar-refractivity contribution in [2.24, 2.45) is 0 Å². The molecule has 0 spiro atoms. The van der Waals surface area contributed by atoms with Crippen molar-refractivity contribution in [1.29, 1.82) is 0 Å². The van der Waals surface area contributed by atoms with Crippen LogP contribution in [0.1, 0.15) is 16.5 Å². The highest BCUT2D eigenvalue weighted by molar-refractivity contribution is 7.16. The number of halogens is 1. The lowest BCUT2D eigenvalue weighted by Gasteiger charge is -2.14. The Hall–Kier alpha value is -1.40. The number of methoxy groups -OCH3 is 1. The Morgan fingerprint density at radius 3 is 2.68 bits per heavy atom. The van der Waals surface area contributed by atoms with Crippen molar-refractivity contribution in [3.63, 3.8) is 0 Å². The number of amides is 1. The van der Waals surface area contributed by atoms with E-state index in [-0.39, 0.29) is 18.6 Å². The van der Waals surface area contributed by atoms with E-state index in [0.29, 0.717) is 17.5 Å². The third-order valence-electron chi connectivity index (χ3n) is 3.03. The van der Waals surface area contributed by atoms with E-state index >= 15 is 0 Å². The molecule has 0 bridgehead atoms. The number of rotatable bonds is 8. The fourth-order valence-corrected chi connectivity index (χ4v) is 3.03. The monoisotopic (exact) mass is 339 g/mol. The van der Waals surface area contributed by atoms with Gasteiger partial charge in [-0.05, 0) is 17.7 Å². The molecule has 1 atom stereocenters. The summed E-state index contributed by atoms with van der Waals surface area (Å²) in [4.78, 5) is 12.8. The van der Waals surface area contributed by atoms with Crippen LogP contribution in [0.2, 0.25) is 4.34 Å². The molecule has 2 aromatic rings. The normalized spacial score (nSPS) is 12.1. The van der Waals surface area contributed by atoms with Crippen LogP contribution < -0.4 is 5.32 Å². The lowest BCUT2D eigenvalue weighted by Crippen LogP contribution is -2.31. The number of ether oxygens (including phenoxy) is 2. The molecule has 6 heteroatoms. The Labute approximate surface area is 139 Å². The first-order chi connectivity index (χ1) is 10.7. The summed E-state index contributed by atoms with van der Waals surface area (Å²) in [6.07, 6.45) is -0.199. The van der Waals surface area contributed by atoms with Gasteiger partial charge in [0.05, 0.1) is 10.9 Å². The van der Waals surface area contributed by atoms with E-state index in [9.17, 15) is 4.79 Å². The number of carbonyl (C=O) groups is 1. The molecular formula is C16H18ClNO3S. The summed E-state index contributed by atoms with van der Waals surface area (Å²) in [5.74, 6) is -0.166. The zero-order valence-corrected chi connectivity index (χ0v) is 13.8. The van der Waals surface area contributed by atoms with E-state index in [4.69, 9.17) is 21.1 Å². The van der Waals surface area contributed by atoms with Gasteiger partial charge < -0.3 is 14.8 Å². The van der Waals surface area contributed by atoms with Gasteiger partial charge in [-0.15, -0.1) is 11.3 Å². The molecule has 1 aromatic carbocycles. The van der Waals surface area contributed by atoms with Crippen LogP contribution in [-0.4, -0.2) is 26.2 Å². The van der Waals surface area contributed by atoms with Crippen LogP contribution in [0.15, 0.2) is 42.5 Å². The molecule has 1 N–H and O–H groups in total. The quantitative estimate of drug-likeness (QED) is 0.801. The minimum Gasteiger partial charge on any atom is -0.374 e. The van der Waals surface area contributed by atoms with Crippen molar-refractivity contribution in [2.45, 2.75) is 12.7 Å². The summed E-state index contributed by atoms with van der Waals surface area (Å²) in [7, 11) is 1.61. The summed E-state index contributed by atoms with van der Waals surface area (Å²) in [5.41, 5.74) is 1.04. The fourth-order valence-electron chi connectivity index (χ4n) is 1.89. The van der Waals surface area contributed by atoms with Gasteiger partial charge in [0.15, 0.2) is 0 Å². The van der Waals surface area contributed by atoms with Gasteiger partial charge in [0, 0.05) is 18.5 Å². The second kappa shape index (κ2) is 8.90. The Kier molecular flexibility index (Phi) is 6.86. The maximum atomic E-state index is 11.8. The van der Waals surface area contributed by atoms with Gasteiger partial charge in [0.25, 0.3) is 0 Å². The van der Waals surface area contributed by atoms with Crippen molar-refractivity contribution >= 4 is 28.8 Å². The van der Waals surface area contributed by atoms with Crippen LogP contribution in [-0.2, 0) is 20.9 Å². The second-order valence-electron chi connectivity index (χ2n) is 4.65. The smallest absolute Gasteiger partial charge is 0.246 e. The van der Waals surface area contributed by atoms with Crippen LogP contribution in [0.3, 0.4) is 0 Å². The predicted octanol–water partition coefficient (Wildman–Crippen LogP) is 3.42. The first-order valence-corrected chi connectivity index (χ1v) is 8.05. The van der Waals surface area contributed by atoms with E-state index < -0.39 is 0 Å². The molecule has 2 rings (SSSR count). The van der Waals surface area contributed by atoms with Crippen molar-refractivity contribution in [2.75, 3.05) is 20.3 Å². The minimum absolute atomic E-state index is 0.0243. The molecule has 1 unspecified atom stereocenters. The first kappa shape index (κ1) is 17.0. The van der Waals surface area contributed by atoms with E-state index in [1.165, 1.54) is 11.3 Å². The molecule has 0 aliphatic rings. The zero-order chi connectivity index (χ0) is 15.8. The number of carbonyl (C=O) groups excluding carboxylic acids is 1. The number of benzene rings is 1. The van der Waals surface area contributed by atoms with Crippen LogP contribution in [0.5, 0.6) is 0 Å². The topological polar surface area (TPSA) is 47.6 Å². The average Bonchev–Trinajstić information content (AvgIpc) is 2.95. The molecule has 0 radical (unpaired) electrons. The van der Waals surface area contributed by atoms with E-state index in [1.54, 1.807) is 7.11 Å². The van der Waals surface area contributed by atoms with E-state index in [0.717, 1.165) is 10.4 Å². The summed E-state index contributed by atoms with van der Waals surface area (Å²) in [6, 6.07) is 13.5. The number of hydrogen-bond donors (Lipinski definition) is 1. The van der Waals surface area contributed by atoms with E-state index in [2.05, 4.69) is 5.32 Å². The molecule has 0 saturated carbocycles. The maximum Gasteiger partial charge on any atom is 0.246 e. The SMILES string of the molecule is COC(CNC(=O)COCc1ccccc1)c1ccc(Cl)s1. The highest BCUT2D eigenvalue weighted by Crippen LogP contribution is 2.28. The lowest BCUT2D eigenvalue weighted by atomic mass is 10.2. The van der Waals surface area contributed by atoms with Gasteiger partial charge >= 0.3 is 0 Å². The second-order valence-corrected chi connectivity index (χ2v) is 6.40. The molecular weight excluding hydrogens is 322 g/mol. The van der Waals surface area contributed by atoms with Crippen LogP contribution in [0, 0.1) is 0 Å². The summed E-state index contributed by atoms with van der Waals surface area (Å²) in [5, 5.41) is 2.80. The zero-order valence-electron chi connectivity index (χ0n) is 12.3. The molecule has 0 aliphatic heterocycles. The molecule has 22 heavy (non-hydrogen) atoms. The Balaban J connectivity index is 1.70. The van der Waals surface area contributed by atoms with Crippen molar-refractivity contribution in [3.8, 4) is 0 Å². The Bertz CT molecular complexity index is 588. The molecule has 0 aliphatic carbocycles. The number of nitrogens with one attached hydrogen (secondary N) is 1. The lowest BCUT2D eigenvalue weighted by molar-refractivity contribution is -0.126. The first-order valence-electron chi connectivity index (χ1n) is 6.85. The van der Waals surface area contributed by atoms with Gasteiger partial charge in [-0.2, -0.15) is 0 Å². The van der Waals surface area contributed by atoms with Crippen molar-refractivity contribution in [3.05, 3.63) is 57.2 Å². The highest BCUT2D eigenvalue weighted by atomic mass is 35.5. The molecule has 1 heterocycles. The maximum absolute atomic E-state index is 11.8. The Morgan fingerprint density at radius 1 is 1.27 bits per heavy atom. The van der Waals surface area contributed by atoms with Crippen molar-refractivity contribution in [1.82, 2.24) is 5.32 Å². The highest BCUT2D eigenvalue weighted by Gasteiger charge is 2.14. The third-order valence-corrected chi connectivity index (χ3v) is 4.35. The van der Waals surface area contributed by atoms with Gasteiger partial charge in [-0.3, -0.25) is 4.79 Å². The summed E-state index contributed by atoms with van der Waals surface area (Å²) in [6.45, 7) is 0.833. The minimum atomic E-state index is -0.199. The third kappa shape index (κ3) is 5.42. The molecule has 118 valence electrons. The largest absolute Gasteiger partial charge is 0.374 e.